The molecule has 3 rings (SSSR count). The van der Waals surface area contributed by atoms with Gasteiger partial charge in [0.05, 0.1) is 5.75 Å². The second-order valence-corrected chi connectivity index (χ2v) is 7.74. The second-order valence-electron chi connectivity index (χ2n) is 5.81. The molecule has 1 aliphatic rings. The van der Waals surface area contributed by atoms with Crippen molar-refractivity contribution in [3.05, 3.63) is 35.8 Å². The lowest BCUT2D eigenvalue weighted by molar-refractivity contribution is 0.566. The number of nitrogens with one attached hydrogen (secondary N) is 2. The zero-order valence-corrected chi connectivity index (χ0v) is 12.8. The quantitative estimate of drug-likeness (QED) is 0.861. The van der Waals surface area contributed by atoms with Gasteiger partial charge in [0, 0.05) is 29.1 Å². The molecule has 2 N–H and O–H groups in total. The third-order valence-electron chi connectivity index (χ3n) is 4.17. The number of hydrogen-bond acceptors (Lipinski definition) is 2. The molecule has 0 radical (unpaired) electrons. The van der Waals surface area contributed by atoms with Crippen LogP contribution in [0.1, 0.15) is 31.7 Å². The van der Waals surface area contributed by atoms with Crippen molar-refractivity contribution in [3.8, 4) is 0 Å². The first kappa shape index (κ1) is 14.5. The van der Waals surface area contributed by atoms with Gasteiger partial charge in [-0.2, -0.15) is 0 Å². The lowest BCUT2D eigenvalue weighted by atomic mass is 9.96. The lowest BCUT2D eigenvalue weighted by Gasteiger charge is -2.15. The topological polar surface area (TPSA) is 62.0 Å². The lowest BCUT2D eigenvalue weighted by Crippen LogP contribution is -2.33. The maximum atomic E-state index is 13.2. The molecule has 1 aromatic heterocycles. The molecule has 4 nitrogen and oxygen atoms in total. The Morgan fingerprint density at radius 2 is 2.14 bits per heavy atom. The monoisotopic (exact) mass is 310 g/mol. The molecule has 1 fully saturated rings. The van der Waals surface area contributed by atoms with Crippen LogP contribution >= 0.6 is 0 Å². The summed E-state index contributed by atoms with van der Waals surface area (Å²) < 4.78 is 39.6. The standard InChI is InChI=1S/C15H19FN2O2S/c1-2-7-21(19,20)18-10-15(5-6-15)13-9-17-14-8-11(16)3-4-12(13)14/h3-4,8-9,17-18H,2,5-7,10H2,1H3. The van der Waals surface area contributed by atoms with Gasteiger partial charge in [0.15, 0.2) is 0 Å². The van der Waals surface area contributed by atoms with E-state index in [0.29, 0.717) is 13.0 Å². The number of H-pyrrole nitrogens is 1. The average Bonchev–Trinajstić information content (AvgIpc) is 3.10. The zero-order valence-electron chi connectivity index (χ0n) is 11.9. The van der Waals surface area contributed by atoms with E-state index in [1.807, 2.05) is 13.1 Å². The van der Waals surface area contributed by atoms with Gasteiger partial charge >= 0.3 is 0 Å². The highest BCUT2D eigenvalue weighted by molar-refractivity contribution is 7.89. The molecule has 6 heteroatoms. The van der Waals surface area contributed by atoms with Crippen LogP contribution in [0.25, 0.3) is 10.9 Å². The molecule has 0 atom stereocenters. The Kier molecular flexibility index (Phi) is 3.53. The molecule has 0 amide bonds. The second kappa shape index (κ2) is 5.10. The number of aromatic amines is 1. The fourth-order valence-electron chi connectivity index (χ4n) is 2.82. The zero-order chi connectivity index (χ0) is 15.1. The number of aromatic nitrogens is 1. The summed E-state index contributed by atoms with van der Waals surface area (Å²) in [6.45, 7) is 2.26. The van der Waals surface area contributed by atoms with Gasteiger partial charge in [-0.15, -0.1) is 0 Å². The minimum absolute atomic E-state index is 0.142. The van der Waals surface area contributed by atoms with Crippen molar-refractivity contribution < 1.29 is 12.8 Å². The highest BCUT2D eigenvalue weighted by atomic mass is 32.2. The summed E-state index contributed by atoms with van der Waals surface area (Å²) in [7, 11) is -3.20. The number of sulfonamides is 1. The van der Waals surface area contributed by atoms with Gasteiger partial charge in [-0.3, -0.25) is 0 Å². The van der Waals surface area contributed by atoms with Crippen molar-refractivity contribution in [1.29, 1.82) is 0 Å². The molecular weight excluding hydrogens is 291 g/mol. The van der Waals surface area contributed by atoms with Crippen LogP contribution in [-0.2, 0) is 15.4 Å². The first-order chi connectivity index (χ1) is 9.96. The summed E-state index contributed by atoms with van der Waals surface area (Å²) in [5.74, 6) is -0.119. The van der Waals surface area contributed by atoms with E-state index in [1.165, 1.54) is 12.1 Å². The Labute approximate surface area is 123 Å². The first-order valence-electron chi connectivity index (χ1n) is 7.20. The summed E-state index contributed by atoms with van der Waals surface area (Å²) in [5.41, 5.74) is 1.70. The summed E-state index contributed by atoms with van der Waals surface area (Å²) in [6.07, 6.45) is 4.39. The molecule has 0 saturated heterocycles. The molecule has 2 aromatic rings. The van der Waals surface area contributed by atoms with Crippen LogP contribution in [0.5, 0.6) is 0 Å². The number of benzene rings is 1. The van der Waals surface area contributed by atoms with Crippen molar-refractivity contribution in [2.24, 2.45) is 0 Å². The van der Waals surface area contributed by atoms with Crippen molar-refractivity contribution >= 4 is 20.9 Å². The van der Waals surface area contributed by atoms with Crippen molar-refractivity contribution in [3.63, 3.8) is 0 Å². The predicted octanol–water partition coefficient (Wildman–Crippen LogP) is 2.67. The Morgan fingerprint density at radius 1 is 1.38 bits per heavy atom. The molecule has 1 aliphatic carbocycles. The van der Waals surface area contributed by atoms with E-state index in [4.69, 9.17) is 0 Å². The van der Waals surface area contributed by atoms with E-state index in [-0.39, 0.29) is 17.0 Å². The van der Waals surface area contributed by atoms with Crippen LogP contribution in [0.3, 0.4) is 0 Å². The molecule has 0 bridgehead atoms. The van der Waals surface area contributed by atoms with Crippen molar-refractivity contribution in [1.82, 2.24) is 9.71 Å². The van der Waals surface area contributed by atoms with E-state index < -0.39 is 10.0 Å². The summed E-state index contributed by atoms with van der Waals surface area (Å²) >= 11 is 0. The molecule has 0 unspecified atom stereocenters. The Bertz CT molecular complexity index is 763. The predicted molar refractivity (Wildman–Crippen MR) is 81.2 cm³/mol. The van der Waals surface area contributed by atoms with Gasteiger partial charge in [0.25, 0.3) is 0 Å². The van der Waals surface area contributed by atoms with Gasteiger partial charge in [0.1, 0.15) is 5.82 Å². The normalized spacial score (nSPS) is 17.2. The maximum Gasteiger partial charge on any atom is 0.211 e. The summed E-state index contributed by atoms with van der Waals surface area (Å²) in [6, 6.07) is 4.67. The highest BCUT2D eigenvalue weighted by Gasteiger charge is 2.46. The molecular formula is C15H19FN2O2S. The third kappa shape index (κ3) is 2.82. The Morgan fingerprint density at radius 3 is 2.81 bits per heavy atom. The van der Waals surface area contributed by atoms with Crippen LogP contribution in [0.2, 0.25) is 0 Å². The smallest absolute Gasteiger partial charge is 0.211 e. The molecule has 0 aliphatic heterocycles. The molecule has 1 aromatic carbocycles. The van der Waals surface area contributed by atoms with E-state index in [0.717, 1.165) is 29.3 Å². The van der Waals surface area contributed by atoms with Crippen LogP contribution in [-0.4, -0.2) is 25.7 Å². The number of rotatable bonds is 6. The van der Waals surface area contributed by atoms with E-state index in [2.05, 4.69) is 9.71 Å². The molecule has 0 spiro atoms. The van der Waals surface area contributed by atoms with Gasteiger partial charge in [-0.05, 0) is 43.0 Å². The SMILES string of the molecule is CCCS(=O)(=O)NCC1(c2c[nH]c3cc(F)ccc23)CC1. The fraction of sp³-hybridized carbons (Fsp3) is 0.467. The van der Waals surface area contributed by atoms with Crippen LogP contribution < -0.4 is 4.72 Å². The minimum atomic E-state index is -3.20. The van der Waals surface area contributed by atoms with Gasteiger partial charge < -0.3 is 4.98 Å². The summed E-state index contributed by atoms with van der Waals surface area (Å²) in [5, 5.41) is 0.976. The first-order valence-corrected chi connectivity index (χ1v) is 8.85. The van der Waals surface area contributed by atoms with E-state index >= 15 is 0 Å². The third-order valence-corrected chi connectivity index (χ3v) is 5.70. The number of halogens is 1. The number of hydrogen-bond donors (Lipinski definition) is 2. The average molecular weight is 310 g/mol. The minimum Gasteiger partial charge on any atom is -0.361 e. The van der Waals surface area contributed by atoms with Gasteiger partial charge in [0.2, 0.25) is 10.0 Å². The fourth-order valence-corrected chi connectivity index (χ4v) is 4.00. The molecule has 1 saturated carbocycles. The molecule has 1 heterocycles. The largest absolute Gasteiger partial charge is 0.361 e. The van der Waals surface area contributed by atoms with Gasteiger partial charge in [-0.25, -0.2) is 17.5 Å². The van der Waals surface area contributed by atoms with E-state index in [1.54, 1.807) is 6.07 Å². The Balaban J connectivity index is 1.85. The van der Waals surface area contributed by atoms with Crippen molar-refractivity contribution in [2.75, 3.05) is 12.3 Å². The van der Waals surface area contributed by atoms with Gasteiger partial charge in [-0.1, -0.05) is 6.92 Å². The maximum absolute atomic E-state index is 13.2. The molecule has 21 heavy (non-hydrogen) atoms. The van der Waals surface area contributed by atoms with Crippen LogP contribution in [0.4, 0.5) is 4.39 Å². The highest BCUT2D eigenvalue weighted by Crippen LogP contribution is 2.50. The Hall–Kier alpha value is -1.40. The van der Waals surface area contributed by atoms with Crippen molar-refractivity contribution in [2.45, 2.75) is 31.6 Å². The number of fused-ring (bicyclic) bond motifs is 1. The van der Waals surface area contributed by atoms with Crippen LogP contribution in [0, 0.1) is 5.82 Å². The van der Waals surface area contributed by atoms with E-state index in [9.17, 15) is 12.8 Å². The van der Waals surface area contributed by atoms with Crippen LogP contribution in [0.15, 0.2) is 24.4 Å². The summed E-state index contributed by atoms with van der Waals surface area (Å²) in [4.78, 5) is 3.08. The molecule has 114 valence electrons.